The van der Waals surface area contributed by atoms with Crippen molar-refractivity contribution >= 4 is 28.1 Å². The van der Waals surface area contributed by atoms with E-state index in [2.05, 4.69) is 57.0 Å². The zero-order valence-electron chi connectivity index (χ0n) is 17.4. The summed E-state index contributed by atoms with van der Waals surface area (Å²) in [5, 5.41) is 13.7. The van der Waals surface area contributed by atoms with E-state index in [0.717, 1.165) is 57.9 Å². The Hall–Kier alpha value is -2.67. The average molecular weight is 410 g/mol. The van der Waals surface area contributed by atoms with Crippen molar-refractivity contribution in [3.63, 3.8) is 0 Å². The van der Waals surface area contributed by atoms with Gasteiger partial charge in [0.15, 0.2) is 0 Å². The molecule has 6 nitrogen and oxygen atoms in total. The molecule has 1 amide bonds. The summed E-state index contributed by atoms with van der Waals surface area (Å²) in [7, 11) is 0. The molecule has 7 heteroatoms. The number of aromatic nitrogens is 3. The van der Waals surface area contributed by atoms with Crippen LogP contribution in [0.15, 0.2) is 30.3 Å². The summed E-state index contributed by atoms with van der Waals surface area (Å²) in [6.45, 7) is 9.79. The molecule has 0 saturated carbocycles. The van der Waals surface area contributed by atoms with E-state index in [1.807, 2.05) is 26.0 Å². The Morgan fingerprint density at radius 3 is 2.55 bits per heavy atom. The second-order valence-corrected chi connectivity index (χ2v) is 8.85. The molecule has 0 bridgehead atoms. The molecular weight excluding hydrogens is 382 g/mol. The Bertz CT molecular complexity index is 1020. The number of carbonyl (C=O) groups is 1. The monoisotopic (exact) mass is 409 g/mol. The molecule has 1 N–H and O–H groups in total. The highest BCUT2D eigenvalue weighted by molar-refractivity contribution is 7.17. The van der Waals surface area contributed by atoms with Gasteiger partial charge in [-0.3, -0.25) is 9.36 Å². The summed E-state index contributed by atoms with van der Waals surface area (Å²) >= 11 is 1.58. The SMILES string of the molecule is Cc1ccc(C)c(NC(=O)[C@@H]2CCCN(c3nnc(-n4c(C)ccc4C)s3)C2)c1. The topological polar surface area (TPSA) is 63.1 Å². The van der Waals surface area contributed by atoms with Crippen LogP contribution < -0.4 is 10.2 Å². The molecule has 0 unspecified atom stereocenters. The molecule has 152 valence electrons. The maximum Gasteiger partial charge on any atom is 0.229 e. The van der Waals surface area contributed by atoms with Crippen LogP contribution in [0.5, 0.6) is 0 Å². The first-order chi connectivity index (χ1) is 13.9. The summed E-state index contributed by atoms with van der Waals surface area (Å²) < 4.78 is 2.12. The molecule has 3 heterocycles. The van der Waals surface area contributed by atoms with Crippen molar-refractivity contribution in [3.05, 3.63) is 52.8 Å². The highest BCUT2D eigenvalue weighted by atomic mass is 32.1. The fourth-order valence-corrected chi connectivity index (χ4v) is 4.87. The molecule has 0 aliphatic carbocycles. The first-order valence-corrected chi connectivity index (χ1v) is 10.9. The van der Waals surface area contributed by atoms with Crippen molar-refractivity contribution in [3.8, 4) is 5.13 Å². The van der Waals surface area contributed by atoms with Gasteiger partial charge in [0, 0.05) is 30.2 Å². The van der Waals surface area contributed by atoms with Gasteiger partial charge in [-0.15, -0.1) is 10.2 Å². The van der Waals surface area contributed by atoms with Crippen LogP contribution in [0.2, 0.25) is 0 Å². The molecule has 1 aliphatic heterocycles. The number of amides is 1. The highest BCUT2D eigenvalue weighted by Crippen LogP contribution is 2.30. The summed E-state index contributed by atoms with van der Waals surface area (Å²) in [6.07, 6.45) is 1.87. The molecule has 1 atom stereocenters. The fraction of sp³-hybridized carbons (Fsp3) is 0.409. The molecular formula is C22H27N5OS. The Labute approximate surface area is 175 Å². The number of aryl methyl sites for hydroxylation is 4. The van der Waals surface area contributed by atoms with E-state index in [1.165, 1.54) is 0 Å². The van der Waals surface area contributed by atoms with Crippen LogP contribution >= 0.6 is 11.3 Å². The van der Waals surface area contributed by atoms with Gasteiger partial charge in [0.2, 0.25) is 16.2 Å². The van der Waals surface area contributed by atoms with Gasteiger partial charge in [-0.25, -0.2) is 0 Å². The smallest absolute Gasteiger partial charge is 0.229 e. The van der Waals surface area contributed by atoms with E-state index in [0.29, 0.717) is 6.54 Å². The minimum atomic E-state index is -0.0499. The zero-order valence-corrected chi connectivity index (χ0v) is 18.2. The standard InChI is InChI=1S/C22H27N5OS/c1-14-7-8-15(2)19(12-14)23-20(28)18-6-5-11-26(13-18)21-24-25-22(29-21)27-16(3)9-10-17(27)4/h7-10,12,18H,5-6,11,13H2,1-4H3,(H,23,28)/t18-/m1/s1. The van der Waals surface area contributed by atoms with Gasteiger partial charge < -0.3 is 10.2 Å². The molecule has 29 heavy (non-hydrogen) atoms. The van der Waals surface area contributed by atoms with Crippen LogP contribution in [0.4, 0.5) is 10.8 Å². The van der Waals surface area contributed by atoms with Crippen molar-refractivity contribution in [1.29, 1.82) is 0 Å². The normalized spacial score (nSPS) is 16.8. The van der Waals surface area contributed by atoms with Crippen molar-refractivity contribution in [2.75, 3.05) is 23.3 Å². The number of anilines is 2. The minimum Gasteiger partial charge on any atom is -0.346 e. The molecule has 3 aromatic rings. The van der Waals surface area contributed by atoms with Crippen molar-refractivity contribution in [2.45, 2.75) is 40.5 Å². The second-order valence-electron chi connectivity index (χ2n) is 7.91. The van der Waals surface area contributed by atoms with Gasteiger partial charge in [0.25, 0.3) is 0 Å². The zero-order chi connectivity index (χ0) is 20.5. The molecule has 1 fully saturated rings. The summed E-state index contributed by atoms with van der Waals surface area (Å²) in [6, 6.07) is 10.3. The predicted molar refractivity (Wildman–Crippen MR) is 118 cm³/mol. The number of carbonyl (C=O) groups excluding carboxylic acids is 1. The maximum absolute atomic E-state index is 12.9. The number of hydrogen-bond acceptors (Lipinski definition) is 5. The predicted octanol–water partition coefficient (Wildman–Crippen LogP) is 4.42. The van der Waals surface area contributed by atoms with Gasteiger partial charge in [0.05, 0.1) is 5.92 Å². The van der Waals surface area contributed by atoms with E-state index >= 15 is 0 Å². The quantitative estimate of drug-likeness (QED) is 0.693. The van der Waals surface area contributed by atoms with Gasteiger partial charge in [-0.2, -0.15) is 0 Å². The lowest BCUT2D eigenvalue weighted by atomic mass is 9.97. The van der Waals surface area contributed by atoms with Gasteiger partial charge >= 0.3 is 0 Å². The molecule has 1 aromatic carbocycles. The fourth-order valence-electron chi connectivity index (χ4n) is 3.87. The van der Waals surface area contributed by atoms with Gasteiger partial charge in [-0.05, 0) is 69.9 Å². The van der Waals surface area contributed by atoms with Crippen molar-refractivity contribution in [1.82, 2.24) is 14.8 Å². The van der Waals surface area contributed by atoms with Crippen LogP contribution in [0, 0.1) is 33.6 Å². The van der Waals surface area contributed by atoms with Crippen LogP contribution in [-0.4, -0.2) is 33.8 Å². The first-order valence-electron chi connectivity index (χ1n) is 10.0. The lowest BCUT2D eigenvalue weighted by Gasteiger charge is -2.31. The van der Waals surface area contributed by atoms with E-state index in [1.54, 1.807) is 11.3 Å². The summed E-state index contributed by atoms with van der Waals surface area (Å²) in [5.74, 6) is 0.0382. The summed E-state index contributed by atoms with van der Waals surface area (Å²) in [4.78, 5) is 15.1. The average Bonchev–Trinajstić information content (AvgIpc) is 3.31. The van der Waals surface area contributed by atoms with E-state index in [-0.39, 0.29) is 11.8 Å². The van der Waals surface area contributed by atoms with Crippen LogP contribution in [-0.2, 0) is 4.79 Å². The Morgan fingerprint density at radius 2 is 1.79 bits per heavy atom. The van der Waals surface area contributed by atoms with Crippen molar-refractivity contribution in [2.24, 2.45) is 5.92 Å². The van der Waals surface area contributed by atoms with Crippen LogP contribution in [0.25, 0.3) is 5.13 Å². The van der Waals surface area contributed by atoms with Crippen LogP contribution in [0.1, 0.15) is 35.4 Å². The third-order valence-electron chi connectivity index (χ3n) is 5.58. The van der Waals surface area contributed by atoms with Crippen molar-refractivity contribution < 1.29 is 4.79 Å². The Kier molecular flexibility index (Phi) is 5.41. The third kappa shape index (κ3) is 4.05. The largest absolute Gasteiger partial charge is 0.346 e. The highest BCUT2D eigenvalue weighted by Gasteiger charge is 2.28. The molecule has 0 radical (unpaired) electrons. The first kappa shape index (κ1) is 19.6. The number of benzene rings is 1. The number of nitrogens with zero attached hydrogens (tertiary/aromatic N) is 4. The lowest BCUT2D eigenvalue weighted by Crippen LogP contribution is -2.40. The molecule has 4 rings (SSSR count). The van der Waals surface area contributed by atoms with Gasteiger partial charge in [0.1, 0.15) is 0 Å². The molecule has 1 saturated heterocycles. The Morgan fingerprint density at radius 1 is 1.07 bits per heavy atom. The second kappa shape index (κ2) is 7.99. The molecule has 0 spiro atoms. The number of nitrogens with one attached hydrogen (secondary N) is 1. The molecule has 1 aliphatic rings. The molecule has 2 aromatic heterocycles. The van der Waals surface area contributed by atoms with Gasteiger partial charge in [-0.1, -0.05) is 23.5 Å². The maximum atomic E-state index is 12.9. The lowest BCUT2D eigenvalue weighted by molar-refractivity contribution is -0.120. The number of rotatable bonds is 4. The van der Waals surface area contributed by atoms with E-state index < -0.39 is 0 Å². The number of hydrogen-bond donors (Lipinski definition) is 1. The van der Waals surface area contributed by atoms with Crippen LogP contribution in [0.3, 0.4) is 0 Å². The third-order valence-corrected chi connectivity index (χ3v) is 6.55. The Balaban J connectivity index is 1.47. The summed E-state index contributed by atoms with van der Waals surface area (Å²) in [5.41, 5.74) is 5.43. The van der Waals surface area contributed by atoms with E-state index in [9.17, 15) is 4.79 Å². The van der Waals surface area contributed by atoms with E-state index in [4.69, 9.17) is 0 Å². The minimum absolute atomic E-state index is 0.0499. The number of piperidine rings is 1.